The van der Waals surface area contributed by atoms with E-state index in [9.17, 15) is 14.3 Å². The van der Waals surface area contributed by atoms with Gasteiger partial charge in [-0.1, -0.05) is 6.92 Å². The lowest BCUT2D eigenvalue weighted by atomic mass is 9.95. The fourth-order valence-electron chi connectivity index (χ4n) is 2.35. The first-order valence-corrected chi connectivity index (χ1v) is 6.46. The Bertz CT molecular complexity index is 479. The van der Waals surface area contributed by atoms with Crippen molar-refractivity contribution in [2.45, 2.75) is 26.0 Å². The summed E-state index contributed by atoms with van der Waals surface area (Å²) in [6, 6.07) is 4.13. The number of carbonyl (C=O) groups is 1. The first-order valence-electron chi connectivity index (χ1n) is 6.46. The molecule has 0 aromatic heterocycles. The molecule has 4 nitrogen and oxygen atoms in total. The van der Waals surface area contributed by atoms with Crippen LogP contribution in [0.1, 0.15) is 29.3 Å². The summed E-state index contributed by atoms with van der Waals surface area (Å²) >= 11 is 0. The number of halogens is 1. The summed E-state index contributed by atoms with van der Waals surface area (Å²) in [4.78, 5) is 13.1. The number of amides is 1. The maximum Gasteiger partial charge on any atom is 0.248 e. The van der Waals surface area contributed by atoms with E-state index in [1.165, 1.54) is 18.2 Å². The molecule has 1 aliphatic rings. The molecule has 0 saturated carbocycles. The Morgan fingerprint density at radius 1 is 1.58 bits per heavy atom. The molecule has 3 N–H and O–H groups in total. The van der Waals surface area contributed by atoms with E-state index in [0.717, 1.165) is 13.0 Å². The van der Waals surface area contributed by atoms with E-state index < -0.39 is 5.91 Å². The Balaban J connectivity index is 2.10. The summed E-state index contributed by atoms with van der Waals surface area (Å²) in [5.41, 5.74) is 5.94. The lowest BCUT2D eigenvalue weighted by molar-refractivity contribution is 0.0255. The van der Waals surface area contributed by atoms with Gasteiger partial charge in [-0.15, -0.1) is 0 Å². The second-order valence-electron chi connectivity index (χ2n) is 5.24. The predicted octanol–water partition coefficient (Wildman–Crippen LogP) is 1.13. The van der Waals surface area contributed by atoms with Gasteiger partial charge in [0, 0.05) is 24.2 Å². The molecule has 2 atom stereocenters. The fourth-order valence-corrected chi connectivity index (χ4v) is 2.35. The molecule has 0 bridgehead atoms. The van der Waals surface area contributed by atoms with Crippen molar-refractivity contribution in [2.75, 3.05) is 13.1 Å². The molecule has 5 heteroatoms. The van der Waals surface area contributed by atoms with Gasteiger partial charge in [0.1, 0.15) is 5.82 Å². The highest BCUT2D eigenvalue weighted by atomic mass is 19.1. The summed E-state index contributed by atoms with van der Waals surface area (Å²) in [5.74, 6) is -0.635. The molecule has 1 aromatic rings. The quantitative estimate of drug-likeness (QED) is 0.861. The third-order valence-electron chi connectivity index (χ3n) is 3.73. The monoisotopic (exact) mass is 266 g/mol. The van der Waals surface area contributed by atoms with Gasteiger partial charge in [0.15, 0.2) is 0 Å². The maximum absolute atomic E-state index is 13.7. The first-order chi connectivity index (χ1) is 8.97. The molecule has 2 unspecified atom stereocenters. The number of hydrogen-bond acceptors (Lipinski definition) is 3. The van der Waals surface area contributed by atoms with Gasteiger partial charge >= 0.3 is 0 Å². The molecule has 19 heavy (non-hydrogen) atoms. The third kappa shape index (κ3) is 3.30. The molecule has 1 amide bonds. The molecule has 1 aliphatic heterocycles. The van der Waals surface area contributed by atoms with Gasteiger partial charge in [-0.2, -0.15) is 0 Å². The summed E-state index contributed by atoms with van der Waals surface area (Å²) in [6.07, 6.45) is 0.509. The van der Waals surface area contributed by atoms with E-state index in [4.69, 9.17) is 5.73 Å². The predicted molar refractivity (Wildman–Crippen MR) is 70.0 cm³/mol. The van der Waals surface area contributed by atoms with Crippen molar-refractivity contribution in [3.63, 3.8) is 0 Å². The van der Waals surface area contributed by atoms with E-state index in [0.29, 0.717) is 24.2 Å². The Kier molecular flexibility index (Phi) is 4.17. The van der Waals surface area contributed by atoms with Crippen LogP contribution < -0.4 is 5.73 Å². The van der Waals surface area contributed by atoms with Crippen LogP contribution in [-0.2, 0) is 6.54 Å². The van der Waals surface area contributed by atoms with Gasteiger partial charge in [0.25, 0.3) is 0 Å². The topological polar surface area (TPSA) is 66.6 Å². The van der Waals surface area contributed by atoms with Crippen molar-refractivity contribution in [3.8, 4) is 0 Å². The number of rotatable bonds is 3. The number of hydrogen-bond donors (Lipinski definition) is 2. The van der Waals surface area contributed by atoms with Crippen molar-refractivity contribution < 1.29 is 14.3 Å². The summed E-state index contributed by atoms with van der Waals surface area (Å²) in [6.45, 7) is 3.74. The van der Waals surface area contributed by atoms with Gasteiger partial charge in [-0.25, -0.2) is 4.39 Å². The lowest BCUT2D eigenvalue weighted by Crippen LogP contribution is -2.42. The zero-order valence-electron chi connectivity index (χ0n) is 11.0. The Morgan fingerprint density at radius 2 is 2.32 bits per heavy atom. The van der Waals surface area contributed by atoms with Crippen molar-refractivity contribution in [3.05, 3.63) is 35.1 Å². The summed E-state index contributed by atoms with van der Waals surface area (Å²) in [7, 11) is 0. The Labute approximate surface area is 112 Å². The van der Waals surface area contributed by atoms with E-state index in [1.807, 2.05) is 11.8 Å². The van der Waals surface area contributed by atoms with Crippen molar-refractivity contribution >= 4 is 5.91 Å². The maximum atomic E-state index is 13.7. The first kappa shape index (κ1) is 14.0. The molecular weight excluding hydrogens is 247 g/mol. The number of benzene rings is 1. The van der Waals surface area contributed by atoms with Crippen LogP contribution in [0.5, 0.6) is 0 Å². The summed E-state index contributed by atoms with van der Waals surface area (Å²) < 4.78 is 13.7. The van der Waals surface area contributed by atoms with Crippen LogP contribution in [0.15, 0.2) is 18.2 Å². The third-order valence-corrected chi connectivity index (χ3v) is 3.73. The number of aliphatic hydroxyl groups excluding tert-OH is 1. The average Bonchev–Trinajstić information content (AvgIpc) is 2.36. The molecule has 1 aromatic carbocycles. The Morgan fingerprint density at radius 3 is 2.95 bits per heavy atom. The zero-order valence-corrected chi connectivity index (χ0v) is 11.0. The largest absolute Gasteiger partial charge is 0.392 e. The average molecular weight is 266 g/mol. The summed E-state index contributed by atoms with van der Waals surface area (Å²) in [5, 5.41) is 9.83. The van der Waals surface area contributed by atoms with Crippen molar-refractivity contribution in [1.82, 2.24) is 4.90 Å². The second-order valence-corrected chi connectivity index (χ2v) is 5.24. The number of nitrogens with zero attached hydrogens (tertiary/aromatic N) is 1. The van der Waals surface area contributed by atoms with E-state index in [2.05, 4.69) is 0 Å². The van der Waals surface area contributed by atoms with Crippen LogP contribution in [0.4, 0.5) is 4.39 Å². The molecule has 0 aliphatic carbocycles. The second kappa shape index (κ2) is 5.67. The van der Waals surface area contributed by atoms with E-state index in [1.54, 1.807) is 0 Å². The van der Waals surface area contributed by atoms with Crippen LogP contribution in [0.25, 0.3) is 0 Å². The molecule has 1 saturated heterocycles. The van der Waals surface area contributed by atoms with Crippen LogP contribution in [0.2, 0.25) is 0 Å². The van der Waals surface area contributed by atoms with Crippen molar-refractivity contribution in [2.24, 2.45) is 11.7 Å². The zero-order chi connectivity index (χ0) is 14.0. The van der Waals surface area contributed by atoms with Gasteiger partial charge < -0.3 is 10.8 Å². The molecule has 2 rings (SSSR count). The molecule has 0 radical (unpaired) electrons. The normalized spacial score (nSPS) is 24.4. The number of primary amides is 1. The number of β-amino-alcohol motifs (C(OH)–C–C–N with tert-alkyl or cyclic N) is 1. The highest BCUT2D eigenvalue weighted by Crippen LogP contribution is 2.20. The molecule has 1 fully saturated rings. The highest BCUT2D eigenvalue weighted by Gasteiger charge is 2.24. The number of piperidine rings is 1. The molecule has 1 heterocycles. The number of likely N-dealkylation sites (tertiary alicyclic amines) is 1. The van der Waals surface area contributed by atoms with Gasteiger partial charge in [0.2, 0.25) is 5.91 Å². The highest BCUT2D eigenvalue weighted by molar-refractivity contribution is 5.92. The number of carbonyl (C=O) groups excluding carboxylic acids is 1. The lowest BCUT2D eigenvalue weighted by Gasteiger charge is -2.34. The van der Waals surface area contributed by atoms with Crippen LogP contribution in [0.3, 0.4) is 0 Å². The molecule has 0 spiro atoms. The van der Waals surface area contributed by atoms with E-state index >= 15 is 0 Å². The standard InChI is InChI=1S/C14H19FN2O2/c1-9-4-5-17(8-13(9)18)7-11-6-10(14(16)19)2-3-12(11)15/h2-3,6,9,13,18H,4-5,7-8H2,1H3,(H2,16,19). The molecular formula is C14H19FN2O2. The van der Waals surface area contributed by atoms with Crippen LogP contribution in [-0.4, -0.2) is 35.1 Å². The SMILES string of the molecule is CC1CCN(Cc2cc(C(N)=O)ccc2F)CC1O. The molecule has 104 valence electrons. The van der Waals surface area contributed by atoms with Crippen LogP contribution >= 0.6 is 0 Å². The van der Waals surface area contributed by atoms with E-state index in [-0.39, 0.29) is 17.8 Å². The number of nitrogens with two attached hydrogens (primary N) is 1. The van der Waals surface area contributed by atoms with Gasteiger partial charge in [0.05, 0.1) is 6.10 Å². The Hall–Kier alpha value is -1.46. The number of aliphatic hydroxyl groups is 1. The van der Waals surface area contributed by atoms with Crippen molar-refractivity contribution in [1.29, 1.82) is 0 Å². The minimum Gasteiger partial charge on any atom is -0.392 e. The van der Waals surface area contributed by atoms with Crippen LogP contribution in [0, 0.1) is 11.7 Å². The van der Waals surface area contributed by atoms with Gasteiger partial charge in [-0.05, 0) is 37.1 Å². The minimum absolute atomic E-state index is 0.276. The van der Waals surface area contributed by atoms with Gasteiger partial charge in [-0.3, -0.25) is 9.69 Å². The fraction of sp³-hybridized carbons (Fsp3) is 0.500. The minimum atomic E-state index is -0.562. The smallest absolute Gasteiger partial charge is 0.248 e.